The Morgan fingerprint density at radius 1 is 1.41 bits per heavy atom. The van der Waals surface area contributed by atoms with Crippen LogP contribution >= 0.6 is 15.9 Å². The Balaban J connectivity index is 2.29. The number of nitro benzene ring substituents is 1. The van der Waals surface area contributed by atoms with Crippen LogP contribution in [0.5, 0.6) is 0 Å². The van der Waals surface area contributed by atoms with Crippen LogP contribution < -0.4 is 5.32 Å². The second-order valence-corrected chi connectivity index (χ2v) is 5.02. The number of nitrogens with zero attached hydrogens (tertiary/aromatic N) is 1. The molecule has 17 heavy (non-hydrogen) atoms. The molecule has 4 nitrogen and oxygen atoms in total. The van der Waals surface area contributed by atoms with Gasteiger partial charge in [-0.25, -0.2) is 4.39 Å². The zero-order chi connectivity index (χ0) is 12.4. The molecule has 0 spiro atoms. The summed E-state index contributed by atoms with van der Waals surface area (Å²) in [5.74, 6) is -0.490. The standard InChI is InChI=1S/C11H12BrFN2O2/c12-8-5-11(15(16)17)10(6-9(8)13)14-7-3-1-2-4-7/h5-7,14H,1-4H2. The molecule has 1 aromatic rings. The Bertz CT molecular complexity index is 447. The Labute approximate surface area is 106 Å². The summed E-state index contributed by atoms with van der Waals surface area (Å²) >= 11 is 2.95. The van der Waals surface area contributed by atoms with Gasteiger partial charge >= 0.3 is 0 Å². The fourth-order valence-corrected chi connectivity index (χ4v) is 2.42. The maximum absolute atomic E-state index is 13.4. The molecule has 1 saturated carbocycles. The van der Waals surface area contributed by atoms with E-state index in [4.69, 9.17) is 0 Å². The van der Waals surface area contributed by atoms with Gasteiger partial charge in [0.25, 0.3) is 5.69 Å². The molecule has 0 atom stereocenters. The van der Waals surface area contributed by atoms with Crippen LogP contribution in [0.15, 0.2) is 16.6 Å². The summed E-state index contributed by atoms with van der Waals surface area (Å²) in [4.78, 5) is 10.4. The zero-order valence-corrected chi connectivity index (χ0v) is 10.7. The summed E-state index contributed by atoms with van der Waals surface area (Å²) in [6.07, 6.45) is 4.19. The zero-order valence-electron chi connectivity index (χ0n) is 9.08. The Morgan fingerprint density at radius 2 is 2.06 bits per heavy atom. The van der Waals surface area contributed by atoms with Gasteiger partial charge < -0.3 is 5.32 Å². The van der Waals surface area contributed by atoms with E-state index < -0.39 is 10.7 Å². The maximum atomic E-state index is 13.4. The van der Waals surface area contributed by atoms with Crippen LogP contribution in [0.25, 0.3) is 0 Å². The third-order valence-corrected chi connectivity index (χ3v) is 3.56. The van der Waals surface area contributed by atoms with Crippen LogP contribution in [0.3, 0.4) is 0 Å². The van der Waals surface area contributed by atoms with Crippen molar-refractivity contribution in [3.05, 3.63) is 32.5 Å². The van der Waals surface area contributed by atoms with Crippen molar-refractivity contribution < 1.29 is 9.31 Å². The van der Waals surface area contributed by atoms with Gasteiger partial charge in [-0.05, 0) is 28.8 Å². The molecule has 0 heterocycles. The number of nitro groups is 1. The molecular formula is C11H12BrFN2O2. The fraction of sp³-hybridized carbons (Fsp3) is 0.455. The number of benzene rings is 1. The van der Waals surface area contributed by atoms with Crippen molar-refractivity contribution >= 4 is 27.3 Å². The van der Waals surface area contributed by atoms with Gasteiger partial charge in [-0.1, -0.05) is 12.8 Å². The smallest absolute Gasteiger partial charge is 0.293 e. The minimum atomic E-state index is -0.499. The van der Waals surface area contributed by atoms with Crippen LogP contribution in [-0.2, 0) is 0 Å². The lowest BCUT2D eigenvalue weighted by atomic mass is 10.2. The number of hydrogen-bond donors (Lipinski definition) is 1. The molecule has 1 aliphatic carbocycles. The molecule has 1 fully saturated rings. The lowest BCUT2D eigenvalue weighted by molar-refractivity contribution is -0.384. The largest absolute Gasteiger partial charge is 0.377 e. The summed E-state index contributed by atoms with van der Waals surface area (Å²) in [7, 11) is 0. The van der Waals surface area contributed by atoms with Crippen molar-refractivity contribution in [2.24, 2.45) is 0 Å². The summed E-state index contributed by atoms with van der Waals surface area (Å²) in [5, 5.41) is 13.9. The Hall–Kier alpha value is -1.17. The number of nitrogens with one attached hydrogen (secondary N) is 1. The molecule has 0 unspecified atom stereocenters. The van der Waals surface area contributed by atoms with Gasteiger partial charge in [0.05, 0.1) is 9.40 Å². The van der Waals surface area contributed by atoms with Crippen molar-refractivity contribution in [1.29, 1.82) is 0 Å². The van der Waals surface area contributed by atoms with E-state index in [1.807, 2.05) is 0 Å². The highest BCUT2D eigenvalue weighted by Crippen LogP contribution is 2.33. The second-order valence-electron chi connectivity index (χ2n) is 4.17. The third-order valence-electron chi connectivity index (χ3n) is 2.95. The van der Waals surface area contributed by atoms with Crippen LogP contribution in [0.2, 0.25) is 0 Å². The third kappa shape index (κ3) is 2.74. The predicted octanol–water partition coefficient (Wildman–Crippen LogP) is 3.85. The summed E-state index contributed by atoms with van der Waals surface area (Å²) in [6.45, 7) is 0. The normalized spacial score (nSPS) is 16.1. The summed E-state index contributed by atoms with van der Waals surface area (Å²) in [5.41, 5.74) is 0.174. The summed E-state index contributed by atoms with van der Waals surface area (Å²) < 4.78 is 13.5. The average molecular weight is 303 g/mol. The van der Waals surface area contributed by atoms with E-state index in [1.54, 1.807) is 0 Å². The van der Waals surface area contributed by atoms with Gasteiger partial charge in [0.2, 0.25) is 0 Å². The first-order valence-corrected chi connectivity index (χ1v) is 6.27. The Morgan fingerprint density at radius 3 is 2.65 bits per heavy atom. The minimum absolute atomic E-state index is 0.0924. The van der Waals surface area contributed by atoms with E-state index >= 15 is 0 Å². The van der Waals surface area contributed by atoms with E-state index in [2.05, 4.69) is 21.2 Å². The summed E-state index contributed by atoms with van der Waals surface area (Å²) in [6, 6.07) is 2.60. The minimum Gasteiger partial charge on any atom is -0.377 e. The second kappa shape index (κ2) is 5.00. The highest BCUT2D eigenvalue weighted by Gasteiger charge is 2.21. The molecule has 0 amide bonds. The van der Waals surface area contributed by atoms with E-state index in [0.29, 0.717) is 0 Å². The van der Waals surface area contributed by atoms with Gasteiger partial charge in [-0.2, -0.15) is 0 Å². The quantitative estimate of drug-likeness (QED) is 0.681. The van der Waals surface area contributed by atoms with Crippen molar-refractivity contribution in [2.75, 3.05) is 5.32 Å². The molecule has 1 aromatic carbocycles. The van der Waals surface area contributed by atoms with Crippen LogP contribution in [0.4, 0.5) is 15.8 Å². The number of hydrogen-bond acceptors (Lipinski definition) is 3. The van der Waals surface area contributed by atoms with Crippen LogP contribution in [0, 0.1) is 15.9 Å². The molecule has 1 aliphatic rings. The SMILES string of the molecule is O=[N+]([O-])c1cc(Br)c(F)cc1NC1CCCC1. The van der Waals surface area contributed by atoms with E-state index in [0.717, 1.165) is 25.7 Å². The molecule has 0 bridgehead atoms. The number of anilines is 1. The van der Waals surface area contributed by atoms with Gasteiger partial charge in [0.1, 0.15) is 11.5 Å². The van der Waals surface area contributed by atoms with Crippen molar-refractivity contribution in [1.82, 2.24) is 0 Å². The lowest BCUT2D eigenvalue weighted by Crippen LogP contribution is -2.15. The lowest BCUT2D eigenvalue weighted by Gasteiger charge is -2.13. The van der Waals surface area contributed by atoms with Crippen LogP contribution in [-0.4, -0.2) is 11.0 Å². The van der Waals surface area contributed by atoms with Gasteiger partial charge in [0.15, 0.2) is 0 Å². The van der Waals surface area contributed by atoms with Crippen LogP contribution in [0.1, 0.15) is 25.7 Å². The van der Waals surface area contributed by atoms with E-state index in [-0.39, 0.29) is 21.9 Å². The topological polar surface area (TPSA) is 55.2 Å². The van der Waals surface area contributed by atoms with E-state index in [1.165, 1.54) is 12.1 Å². The average Bonchev–Trinajstić information content (AvgIpc) is 2.75. The van der Waals surface area contributed by atoms with Crippen molar-refractivity contribution in [3.8, 4) is 0 Å². The molecule has 6 heteroatoms. The first-order chi connectivity index (χ1) is 8.08. The predicted molar refractivity (Wildman–Crippen MR) is 66.6 cm³/mol. The number of halogens is 2. The molecule has 92 valence electrons. The molecule has 0 aliphatic heterocycles. The highest BCUT2D eigenvalue weighted by atomic mass is 79.9. The maximum Gasteiger partial charge on any atom is 0.293 e. The molecule has 1 N–H and O–H groups in total. The van der Waals surface area contributed by atoms with Gasteiger partial charge in [-0.3, -0.25) is 10.1 Å². The molecular weight excluding hydrogens is 291 g/mol. The monoisotopic (exact) mass is 302 g/mol. The highest BCUT2D eigenvalue weighted by molar-refractivity contribution is 9.10. The first kappa shape index (κ1) is 12.3. The Kier molecular flexibility index (Phi) is 3.61. The van der Waals surface area contributed by atoms with Gasteiger partial charge in [-0.15, -0.1) is 0 Å². The first-order valence-electron chi connectivity index (χ1n) is 5.48. The molecule has 0 radical (unpaired) electrons. The van der Waals surface area contributed by atoms with Crippen molar-refractivity contribution in [2.45, 2.75) is 31.7 Å². The molecule has 0 aromatic heterocycles. The number of rotatable bonds is 3. The van der Waals surface area contributed by atoms with Gasteiger partial charge in [0, 0.05) is 18.2 Å². The molecule has 2 rings (SSSR count). The fourth-order valence-electron chi connectivity index (χ4n) is 2.09. The van der Waals surface area contributed by atoms with Crippen molar-refractivity contribution in [3.63, 3.8) is 0 Å². The molecule has 0 saturated heterocycles. The van der Waals surface area contributed by atoms with E-state index in [9.17, 15) is 14.5 Å².